The average Bonchev–Trinajstić information content (AvgIpc) is 2.89. The zero-order valence-electron chi connectivity index (χ0n) is 14.3. The second kappa shape index (κ2) is 6.09. The van der Waals surface area contributed by atoms with E-state index in [0.29, 0.717) is 11.5 Å². The molecule has 0 saturated heterocycles. The average molecular weight is 343 g/mol. The topological polar surface area (TPSA) is 74.8 Å². The third-order valence-electron chi connectivity index (χ3n) is 4.04. The van der Waals surface area contributed by atoms with Crippen LogP contribution in [0.4, 0.5) is 0 Å². The second-order valence-electron chi connectivity index (χ2n) is 7.00. The molecule has 1 aliphatic rings. The lowest BCUT2D eigenvalue weighted by atomic mass is 9.95. The molecular formula is C18H21N3O2S. The molecule has 1 aromatic heterocycles. The van der Waals surface area contributed by atoms with E-state index in [1.54, 1.807) is 18.7 Å². The Labute approximate surface area is 145 Å². The zero-order chi connectivity index (χ0) is 17.5. The molecule has 2 N–H and O–H groups in total. The van der Waals surface area contributed by atoms with Crippen LogP contribution in [-0.2, 0) is 5.41 Å². The van der Waals surface area contributed by atoms with Crippen molar-refractivity contribution in [3.05, 3.63) is 57.3 Å². The Morgan fingerprint density at radius 2 is 2.04 bits per heavy atom. The molecule has 1 amide bonds. The molecule has 1 unspecified atom stereocenters. The van der Waals surface area contributed by atoms with Crippen LogP contribution in [-0.4, -0.2) is 21.6 Å². The van der Waals surface area contributed by atoms with Crippen molar-refractivity contribution in [1.29, 1.82) is 0 Å². The Morgan fingerprint density at radius 1 is 1.33 bits per heavy atom. The third-order valence-corrected chi connectivity index (χ3v) is 5.23. The van der Waals surface area contributed by atoms with Gasteiger partial charge < -0.3 is 10.3 Å². The molecule has 5 nitrogen and oxygen atoms in total. The van der Waals surface area contributed by atoms with Crippen LogP contribution < -0.4 is 10.9 Å². The summed E-state index contributed by atoms with van der Waals surface area (Å²) in [5.41, 5.74) is 0.991. The Balaban J connectivity index is 1.88. The molecule has 0 spiro atoms. The van der Waals surface area contributed by atoms with Crippen molar-refractivity contribution < 1.29 is 4.79 Å². The minimum absolute atomic E-state index is 0.0835. The number of hydrogen-bond acceptors (Lipinski definition) is 4. The van der Waals surface area contributed by atoms with Crippen LogP contribution in [0.25, 0.3) is 0 Å². The van der Waals surface area contributed by atoms with Gasteiger partial charge in [0.1, 0.15) is 11.4 Å². The van der Waals surface area contributed by atoms with Gasteiger partial charge in [-0.25, -0.2) is 4.98 Å². The second-order valence-corrected chi connectivity index (χ2v) is 8.06. The zero-order valence-corrected chi connectivity index (χ0v) is 15.1. The van der Waals surface area contributed by atoms with E-state index in [9.17, 15) is 9.59 Å². The predicted molar refractivity (Wildman–Crippen MR) is 95.7 cm³/mol. The van der Waals surface area contributed by atoms with E-state index in [0.717, 1.165) is 11.3 Å². The van der Waals surface area contributed by atoms with Crippen LogP contribution in [0.5, 0.6) is 0 Å². The maximum Gasteiger partial charge on any atom is 0.264 e. The fourth-order valence-electron chi connectivity index (χ4n) is 2.72. The molecule has 6 heteroatoms. The first-order chi connectivity index (χ1) is 11.3. The Kier molecular flexibility index (Phi) is 4.25. The van der Waals surface area contributed by atoms with Crippen molar-refractivity contribution >= 4 is 17.7 Å². The number of aromatic amines is 1. The monoisotopic (exact) mass is 343 g/mol. The maximum absolute atomic E-state index is 12.6. The van der Waals surface area contributed by atoms with Gasteiger partial charge in [0.05, 0.1) is 11.7 Å². The van der Waals surface area contributed by atoms with Gasteiger partial charge in [-0.15, -0.1) is 11.8 Å². The lowest BCUT2D eigenvalue weighted by molar-refractivity contribution is 0.0938. The molecular weight excluding hydrogens is 322 g/mol. The largest absolute Gasteiger partial charge is 0.344 e. The molecule has 126 valence electrons. The van der Waals surface area contributed by atoms with E-state index in [-0.39, 0.29) is 28.5 Å². The highest BCUT2D eigenvalue weighted by molar-refractivity contribution is 7.99. The van der Waals surface area contributed by atoms with E-state index in [1.165, 1.54) is 4.90 Å². The number of nitrogens with zero attached hydrogens (tertiary/aromatic N) is 1. The summed E-state index contributed by atoms with van der Waals surface area (Å²) in [6.45, 7) is 7.61. The smallest absolute Gasteiger partial charge is 0.264 e. The number of aryl methyl sites for hydroxylation is 1. The molecule has 2 aromatic rings. The van der Waals surface area contributed by atoms with Crippen molar-refractivity contribution in [2.24, 2.45) is 0 Å². The van der Waals surface area contributed by atoms with Crippen molar-refractivity contribution in [2.75, 3.05) is 5.75 Å². The molecule has 3 rings (SSSR count). The number of aromatic nitrogens is 2. The Morgan fingerprint density at radius 3 is 2.71 bits per heavy atom. The fourth-order valence-corrected chi connectivity index (χ4v) is 3.88. The van der Waals surface area contributed by atoms with Crippen LogP contribution in [0.1, 0.15) is 54.3 Å². The van der Waals surface area contributed by atoms with E-state index >= 15 is 0 Å². The Bertz CT molecular complexity index is 852. The first-order valence-corrected chi connectivity index (χ1v) is 8.90. The molecule has 1 aromatic carbocycles. The molecule has 1 atom stereocenters. The first-order valence-electron chi connectivity index (χ1n) is 7.91. The first kappa shape index (κ1) is 16.8. The van der Waals surface area contributed by atoms with Gasteiger partial charge in [-0.1, -0.05) is 39.0 Å². The molecule has 0 fully saturated rings. The highest BCUT2D eigenvalue weighted by Gasteiger charge is 2.27. The number of hydrogen-bond donors (Lipinski definition) is 2. The number of amides is 1. The van der Waals surface area contributed by atoms with Crippen molar-refractivity contribution in [3.63, 3.8) is 0 Å². The summed E-state index contributed by atoms with van der Waals surface area (Å²) in [5.74, 6) is 0.988. The van der Waals surface area contributed by atoms with Gasteiger partial charge >= 0.3 is 0 Å². The number of carbonyl (C=O) groups is 1. The summed E-state index contributed by atoms with van der Waals surface area (Å²) in [4.78, 5) is 33.4. The molecule has 0 radical (unpaired) electrons. The number of carbonyl (C=O) groups excluding carboxylic acids is 1. The van der Waals surface area contributed by atoms with Crippen LogP contribution in [0.15, 0.2) is 34.0 Å². The van der Waals surface area contributed by atoms with Crippen LogP contribution in [0.2, 0.25) is 0 Å². The molecule has 1 aliphatic heterocycles. The minimum atomic E-state index is -0.385. The van der Waals surface area contributed by atoms with Gasteiger partial charge in [0.15, 0.2) is 0 Å². The predicted octanol–water partition coefficient (Wildman–Crippen LogP) is 2.95. The summed E-state index contributed by atoms with van der Waals surface area (Å²) in [5, 5.41) is 2.97. The number of thioether (sulfide) groups is 1. The summed E-state index contributed by atoms with van der Waals surface area (Å²) in [6.07, 6.45) is 0. The lowest BCUT2D eigenvalue weighted by Gasteiger charge is -2.19. The lowest BCUT2D eigenvalue weighted by Crippen LogP contribution is -2.35. The van der Waals surface area contributed by atoms with Crippen molar-refractivity contribution in [2.45, 2.75) is 44.0 Å². The number of benzene rings is 1. The van der Waals surface area contributed by atoms with Gasteiger partial charge in [-0.2, -0.15) is 0 Å². The quantitative estimate of drug-likeness (QED) is 0.879. The highest BCUT2D eigenvalue weighted by Crippen LogP contribution is 2.37. The molecule has 0 bridgehead atoms. The summed E-state index contributed by atoms with van der Waals surface area (Å²) in [6, 6.07) is 7.92. The normalized spacial score (nSPS) is 16.8. The standard InChI is InChI=1S/C18H21N3O2S/c1-10-14(16(23)21-17(19-10)18(2,3)4)15(22)20-12-9-24-13-8-6-5-7-11(12)13/h5-8,12H,9H2,1-4H3,(H,20,22)(H,19,21,23). The van der Waals surface area contributed by atoms with Crippen LogP contribution in [0.3, 0.4) is 0 Å². The molecule has 24 heavy (non-hydrogen) atoms. The summed E-state index contributed by atoms with van der Waals surface area (Å²) < 4.78 is 0. The molecule has 0 saturated carbocycles. The third kappa shape index (κ3) is 3.11. The van der Waals surface area contributed by atoms with Crippen molar-refractivity contribution in [1.82, 2.24) is 15.3 Å². The summed E-state index contributed by atoms with van der Waals surface area (Å²) >= 11 is 1.71. The van der Waals surface area contributed by atoms with Gasteiger partial charge in [-0.05, 0) is 18.6 Å². The van der Waals surface area contributed by atoms with Gasteiger partial charge in [0.25, 0.3) is 11.5 Å². The van der Waals surface area contributed by atoms with E-state index in [2.05, 4.69) is 15.3 Å². The number of nitrogens with one attached hydrogen (secondary N) is 2. The summed E-state index contributed by atoms with van der Waals surface area (Å²) in [7, 11) is 0. The maximum atomic E-state index is 12.6. The van der Waals surface area contributed by atoms with Crippen LogP contribution >= 0.6 is 11.8 Å². The molecule has 0 aliphatic carbocycles. The number of rotatable bonds is 2. The van der Waals surface area contributed by atoms with E-state index in [1.807, 2.05) is 45.0 Å². The van der Waals surface area contributed by atoms with Gasteiger partial charge in [0, 0.05) is 16.1 Å². The van der Waals surface area contributed by atoms with Gasteiger partial charge in [-0.3, -0.25) is 9.59 Å². The van der Waals surface area contributed by atoms with Crippen LogP contribution in [0, 0.1) is 6.92 Å². The highest BCUT2D eigenvalue weighted by atomic mass is 32.2. The molecule has 2 heterocycles. The van der Waals surface area contributed by atoms with E-state index in [4.69, 9.17) is 0 Å². The van der Waals surface area contributed by atoms with E-state index < -0.39 is 0 Å². The number of fused-ring (bicyclic) bond motifs is 1. The SMILES string of the molecule is Cc1nc(C(C)(C)C)[nH]c(=O)c1C(=O)NC1CSc2ccccc21. The Hall–Kier alpha value is -2.08. The van der Waals surface area contributed by atoms with Gasteiger partial charge in [0.2, 0.25) is 0 Å². The minimum Gasteiger partial charge on any atom is -0.344 e. The number of H-pyrrole nitrogens is 1. The van der Waals surface area contributed by atoms with Crippen molar-refractivity contribution in [3.8, 4) is 0 Å². The fraction of sp³-hybridized carbons (Fsp3) is 0.389.